The smallest absolute Gasteiger partial charge is 0.189 e. The first-order chi connectivity index (χ1) is 5.54. The molecule has 6 nitrogen and oxygen atoms in total. The minimum atomic E-state index is -1.86. The van der Waals surface area contributed by atoms with Crippen LogP contribution in [0.3, 0.4) is 0 Å². The molecule has 3 atom stereocenters. The van der Waals surface area contributed by atoms with Crippen molar-refractivity contribution in [2.75, 3.05) is 13.2 Å². The van der Waals surface area contributed by atoms with Gasteiger partial charge >= 0.3 is 0 Å². The monoisotopic (exact) mass is 244 g/mol. The van der Waals surface area contributed by atoms with E-state index in [1.165, 1.54) is 0 Å². The molecular formula is C6H12O6Zn. The molecule has 0 aromatic carbocycles. The van der Waals surface area contributed by atoms with E-state index in [2.05, 4.69) is 0 Å². The van der Waals surface area contributed by atoms with Gasteiger partial charge in [0.2, 0.25) is 0 Å². The molecular weight excluding hydrogens is 233 g/mol. The van der Waals surface area contributed by atoms with Crippen LogP contribution in [0.2, 0.25) is 0 Å². The van der Waals surface area contributed by atoms with E-state index >= 15 is 0 Å². The van der Waals surface area contributed by atoms with Crippen LogP contribution in [0, 0.1) is 0 Å². The van der Waals surface area contributed by atoms with Gasteiger partial charge in [0, 0.05) is 19.5 Å². The van der Waals surface area contributed by atoms with Crippen LogP contribution in [0.1, 0.15) is 0 Å². The molecule has 5 N–H and O–H groups in total. The van der Waals surface area contributed by atoms with Crippen molar-refractivity contribution in [3.63, 3.8) is 0 Å². The molecule has 0 spiro atoms. The van der Waals surface area contributed by atoms with Crippen molar-refractivity contribution in [1.29, 1.82) is 0 Å². The minimum absolute atomic E-state index is 0. The Morgan fingerprint density at radius 2 is 1.62 bits per heavy atom. The average molecular weight is 246 g/mol. The van der Waals surface area contributed by atoms with Crippen LogP contribution in [0.4, 0.5) is 0 Å². The van der Waals surface area contributed by atoms with Crippen LogP contribution in [0.25, 0.3) is 0 Å². The maximum absolute atomic E-state index is 10.5. The first kappa shape index (κ1) is 15.6. The van der Waals surface area contributed by atoms with E-state index in [-0.39, 0.29) is 19.5 Å². The van der Waals surface area contributed by atoms with Gasteiger partial charge in [-0.05, 0) is 0 Å². The standard InChI is InChI=1S/C6H12O6.Zn/c7-1-3(9)5(11)6(12)4(10)2-8;/h3,5-9,11-12H,1-2H2;. The van der Waals surface area contributed by atoms with Crippen molar-refractivity contribution >= 4 is 5.78 Å². The van der Waals surface area contributed by atoms with Crippen LogP contribution in [0.15, 0.2) is 0 Å². The van der Waals surface area contributed by atoms with Crippen LogP contribution in [-0.2, 0) is 24.3 Å². The van der Waals surface area contributed by atoms with Crippen LogP contribution >= 0.6 is 0 Å². The van der Waals surface area contributed by atoms with Gasteiger partial charge in [0.1, 0.15) is 24.9 Å². The fraction of sp³-hybridized carbons (Fsp3) is 0.833. The summed E-state index contributed by atoms with van der Waals surface area (Å²) < 4.78 is 0. The molecule has 0 rings (SSSR count). The number of aliphatic hydroxyl groups excluding tert-OH is 5. The summed E-state index contributed by atoms with van der Waals surface area (Å²) in [5, 5.41) is 43.1. The van der Waals surface area contributed by atoms with Gasteiger partial charge in [0.05, 0.1) is 6.61 Å². The average Bonchev–Trinajstić information content (AvgIpc) is 2.12. The van der Waals surface area contributed by atoms with E-state index in [4.69, 9.17) is 25.5 Å². The summed E-state index contributed by atoms with van der Waals surface area (Å²) in [7, 11) is 0. The molecule has 0 aliphatic carbocycles. The van der Waals surface area contributed by atoms with E-state index in [1.807, 2.05) is 0 Å². The van der Waals surface area contributed by atoms with E-state index in [0.717, 1.165) is 0 Å². The van der Waals surface area contributed by atoms with Crippen LogP contribution in [0.5, 0.6) is 0 Å². The normalized spacial score (nSPS) is 17.0. The Morgan fingerprint density at radius 3 is 1.92 bits per heavy atom. The van der Waals surface area contributed by atoms with Crippen LogP contribution < -0.4 is 0 Å². The quantitative estimate of drug-likeness (QED) is 0.323. The summed E-state index contributed by atoms with van der Waals surface area (Å²) in [5.74, 6) is -1.00. The summed E-state index contributed by atoms with van der Waals surface area (Å²) >= 11 is 0. The third-order valence-corrected chi connectivity index (χ3v) is 1.39. The first-order valence-electron chi connectivity index (χ1n) is 3.33. The van der Waals surface area contributed by atoms with Crippen molar-refractivity contribution in [1.82, 2.24) is 0 Å². The molecule has 13 heavy (non-hydrogen) atoms. The van der Waals surface area contributed by atoms with Gasteiger partial charge in [-0.15, -0.1) is 0 Å². The third kappa shape index (κ3) is 4.76. The van der Waals surface area contributed by atoms with Gasteiger partial charge in [-0.1, -0.05) is 0 Å². The Kier molecular flexibility index (Phi) is 8.97. The molecule has 0 heterocycles. The molecule has 0 aliphatic rings. The molecule has 3 unspecified atom stereocenters. The number of Topliss-reactive ketones (excluding diaryl/α,β-unsaturated/α-hetero) is 1. The predicted octanol–water partition coefficient (Wildman–Crippen LogP) is -3.38. The zero-order chi connectivity index (χ0) is 9.72. The van der Waals surface area contributed by atoms with Crippen molar-refractivity contribution in [2.45, 2.75) is 18.3 Å². The maximum Gasteiger partial charge on any atom is 0.189 e. The summed E-state index contributed by atoms with van der Waals surface area (Å²) in [5.41, 5.74) is 0. The van der Waals surface area contributed by atoms with E-state index < -0.39 is 37.3 Å². The maximum atomic E-state index is 10.5. The number of hydrogen-bond acceptors (Lipinski definition) is 6. The number of rotatable bonds is 5. The van der Waals surface area contributed by atoms with Crippen molar-refractivity contribution in [3.8, 4) is 0 Å². The molecule has 0 aromatic rings. The van der Waals surface area contributed by atoms with Crippen molar-refractivity contribution in [3.05, 3.63) is 0 Å². The molecule has 0 aliphatic heterocycles. The molecule has 7 heteroatoms. The summed E-state index contributed by atoms with van der Waals surface area (Å²) in [6.45, 7) is -1.69. The molecule has 0 fully saturated rings. The second kappa shape index (κ2) is 7.49. The Hall–Kier alpha value is 0.0934. The van der Waals surface area contributed by atoms with Crippen LogP contribution in [-0.4, -0.2) is 62.8 Å². The summed E-state index contributed by atoms with van der Waals surface area (Å²) in [4.78, 5) is 10.5. The van der Waals surface area contributed by atoms with Gasteiger partial charge in [0.15, 0.2) is 5.78 Å². The second-order valence-corrected chi connectivity index (χ2v) is 2.31. The Morgan fingerprint density at radius 1 is 1.15 bits per heavy atom. The summed E-state index contributed by atoms with van der Waals surface area (Å²) in [6.07, 6.45) is -5.22. The summed E-state index contributed by atoms with van der Waals surface area (Å²) in [6, 6.07) is 0. The number of ketones is 1. The zero-order valence-electron chi connectivity index (χ0n) is 7.00. The van der Waals surface area contributed by atoms with Gasteiger partial charge in [-0.2, -0.15) is 0 Å². The van der Waals surface area contributed by atoms with E-state index in [1.54, 1.807) is 0 Å². The fourth-order valence-corrected chi connectivity index (χ4v) is 0.602. The van der Waals surface area contributed by atoms with Gasteiger partial charge in [-0.3, -0.25) is 4.79 Å². The second-order valence-electron chi connectivity index (χ2n) is 2.31. The molecule has 0 radical (unpaired) electrons. The first-order valence-corrected chi connectivity index (χ1v) is 3.33. The number of carbonyl (C=O) groups excluding carboxylic acids is 1. The molecule has 74 valence electrons. The predicted molar refractivity (Wildman–Crippen MR) is 37.2 cm³/mol. The molecule has 0 saturated carbocycles. The largest absolute Gasteiger partial charge is 0.394 e. The Bertz CT molecular complexity index is 152. The number of hydrogen-bond donors (Lipinski definition) is 5. The molecule has 0 bridgehead atoms. The molecule has 0 aromatic heterocycles. The Balaban J connectivity index is 0. The third-order valence-electron chi connectivity index (χ3n) is 1.39. The van der Waals surface area contributed by atoms with Crippen molar-refractivity contribution in [2.24, 2.45) is 0 Å². The number of aliphatic hydroxyl groups is 5. The minimum Gasteiger partial charge on any atom is -0.394 e. The number of carbonyl (C=O) groups is 1. The molecule has 0 saturated heterocycles. The topological polar surface area (TPSA) is 118 Å². The van der Waals surface area contributed by atoms with E-state index in [0.29, 0.717) is 0 Å². The van der Waals surface area contributed by atoms with Crippen molar-refractivity contribution < 1.29 is 49.8 Å². The fourth-order valence-electron chi connectivity index (χ4n) is 0.602. The van der Waals surface area contributed by atoms with Gasteiger partial charge in [0.25, 0.3) is 0 Å². The van der Waals surface area contributed by atoms with E-state index in [9.17, 15) is 4.79 Å². The van der Waals surface area contributed by atoms with Gasteiger partial charge < -0.3 is 25.5 Å². The zero-order valence-corrected chi connectivity index (χ0v) is 9.96. The Labute approximate surface area is 87.6 Å². The van der Waals surface area contributed by atoms with Gasteiger partial charge in [-0.25, -0.2) is 0 Å². The molecule has 0 amide bonds. The SMILES string of the molecule is O=C(CO)C(O)C(O)C(O)CO.[Zn].